The molecule has 0 saturated carbocycles. The topological polar surface area (TPSA) is 41.1 Å². The predicted octanol–water partition coefficient (Wildman–Crippen LogP) is 1.04. The largest absolute Gasteiger partial charge is 0.347 e. The minimum Gasteiger partial charge on any atom is -0.347 e. The van der Waals surface area contributed by atoms with E-state index in [0.29, 0.717) is 0 Å². The van der Waals surface area contributed by atoms with E-state index in [0.717, 1.165) is 31.2 Å². The second-order valence-corrected chi connectivity index (χ2v) is 3.42. The first kappa shape index (κ1) is 10.9. The quantitative estimate of drug-likeness (QED) is 0.711. The van der Waals surface area contributed by atoms with Gasteiger partial charge in [0.15, 0.2) is 0 Å². The Morgan fingerprint density at radius 3 is 2.86 bits per heavy atom. The van der Waals surface area contributed by atoms with Gasteiger partial charge >= 0.3 is 0 Å². The van der Waals surface area contributed by atoms with Gasteiger partial charge in [-0.05, 0) is 19.0 Å². The zero-order chi connectivity index (χ0) is 10.4. The SMILES string of the molecule is CCCNCc1ccnc(N(C)C)n1. The Kier molecular flexibility index (Phi) is 4.32. The molecule has 0 spiro atoms. The molecule has 1 aromatic rings. The molecule has 14 heavy (non-hydrogen) atoms. The first-order valence-electron chi connectivity index (χ1n) is 4.94. The summed E-state index contributed by atoms with van der Waals surface area (Å²) in [6.45, 7) is 4.00. The molecule has 0 amide bonds. The van der Waals surface area contributed by atoms with Gasteiger partial charge in [-0.3, -0.25) is 0 Å². The lowest BCUT2D eigenvalue weighted by atomic mass is 10.4. The summed E-state index contributed by atoms with van der Waals surface area (Å²) in [7, 11) is 3.89. The average Bonchev–Trinajstić information content (AvgIpc) is 2.19. The normalized spacial score (nSPS) is 10.2. The molecule has 0 bridgehead atoms. The summed E-state index contributed by atoms with van der Waals surface area (Å²) in [6.07, 6.45) is 2.94. The van der Waals surface area contributed by atoms with Crippen LogP contribution in [0.3, 0.4) is 0 Å². The third-order valence-corrected chi connectivity index (χ3v) is 1.83. The van der Waals surface area contributed by atoms with Gasteiger partial charge in [0.2, 0.25) is 5.95 Å². The Morgan fingerprint density at radius 1 is 1.43 bits per heavy atom. The van der Waals surface area contributed by atoms with Gasteiger partial charge in [-0.25, -0.2) is 9.97 Å². The predicted molar refractivity (Wildman–Crippen MR) is 58.4 cm³/mol. The molecule has 0 fully saturated rings. The summed E-state index contributed by atoms with van der Waals surface area (Å²) in [6, 6.07) is 1.94. The van der Waals surface area contributed by atoms with Crippen LogP contribution in [0.15, 0.2) is 12.3 Å². The first-order valence-corrected chi connectivity index (χ1v) is 4.94. The monoisotopic (exact) mass is 194 g/mol. The second-order valence-electron chi connectivity index (χ2n) is 3.42. The summed E-state index contributed by atoms with van der Waals surface area (Å²) < 4.78 is 0. The first-order chi connectivity index (χ1) is 6.74. The minimum absolute atomic E-state index is 0.765. The molecule has 0 aromatic carbocycles. The third kappa shape index (κ3) is 3.30. The summed E-state index contributed by atoms with van der Waals surface area (Å²) in [5.41, 5.74) is 1.04. The number of anilines is 1. The zero-order valence-corrected chi connectivity index (χ0v) is 9.12. The fourth-order valence-corrected chi connectivity index (χ4v) is 1.09. The van der Waals surface area contributed by atoms with E-state index in [2.05, 4.69) is 22.2 Å². The Balaban J connectivity index is 2.55. The van der Waals surface area contributed by atoms with E-state index < -0.39 is 0 Å². The highest BCUT2D eigenvalue weighted by Gasteiger charge is 1.99. The van der Waals surface area contributed by atoms with E-state index >= 15 is 0 Å². The fourth-order valence-electron chi connectivity index (χ4n) is 1.09. The van der Waals surface area contributed by atoms with Crippen LogP contribution in [0.2, 0.25) is 0 Å². The van der Waals surface area contributed by atoms with E-state index in [1.54, 1.807) is 6.20 Å². The van der Waals surface area contributed by atoms with E-state index in [4.69, 9.17) is 0 Å². The second kappa shape index (κ2) is 5.54. The van der Waals surface area contributed by atoms with Crippen molar-refractivity contribution < 1.29 is 0 Å². The van der Waals surface area contributed by atoms with E-state index in [-0.39, 0.29) is 0 Å². The highest BCUT2D eigenvalue weighted by Crippen LogP contribution is 2.02. The minimum atomic E-state index is 0.765. The molecule has 1 N–H and O–H groups in total. The number of hydrogen-bond donors (Lipinski definition) is 1. The van der Waals surface area contributed by atoms with E-state index in [1.807, 2.05) is 25.1 Å². The highest BCUT2D eigenvalue weighted by molar-refractivity contribution is 5.26. The van der Waals surface area contributed by atoms with Gasteiger partial charge in [0, 0.05) is 26.8 Å². The van der Waals surface area contributed by atoms with Crippen LogP contribution in [0, 0.1) is 0 Å². The van der Waals surface area contributed by atoms with Crippen LogP contribution < -0.4 is 10.2 Å². The van der Waals surface area contributed by atoms with Crippen molar-refractivity contribution in [2.24, 2.45) is 0 Å². The molecule has 1 heterocycles. The van der Waals surface area contributed by atoms with Gasteiger partial charge < -0.3 is 10.2 Å². The van der Waals surface area contributed by atoms with Gasteiger partial charge in [0.05, 0.1) is 5.69 Å². The molecule has 0 radical (unpaired) electrons. The average molecular weight is 194 g/mol. The molecule has 0 atom stereocenters. The molecule has 4 nitrogen and oxygen atoms in total. The van der Waals surface area contributed by atoms with Crippen LogP contribution in [-0.2, 0) is 6.54 Å². The van der Waals surface area contributed by atoms with Crippen molar-refractivity contribution >= 4 is 5.95 Å². The van der Waals surface area contributed by atoms with Gasteiger partial charge in [-0.1, -0.05) is 6.92 Å². The molecule has 0 aliphatic carbocycles. The summed E-state index contributed by atoms with van der Waals surface area (Å²) >= 11 is 0. The standard InChI is InChI=1S/C10H18N4/c1-4-6-11-8-9-5-7-12-10(13-9)14(2)3/h5,7,11H,4,6,8H2,1-3H3. The van der Waals surface area contributed by atoms with Gasteiger partial charge in [-0.15, -0.1) is 0 Å². The number of nitrogens with zero attached hydrogens (tertiary/aromatic N) is 3. The van der Waals surface area contributed by atoms with Crippen LogP contribution in [0.1, 0.15) is 19.0 Å². The Labute approximate surface area is 85.4 Å². The molecule has 0 saturated heterocycles. The highest BCUT2D eigenvalue weighted by atomic mass is 15.2. The number of aromatic nitrogens is 2. The number of rotatable bonds is 5. The maximum absolute atomic E-state index is 4.40. The van der Waals surface area contributed by atoms with E-state index in [1.165, 1.54) is 0 Å². The molecule has 78 valence electrons. The lowest BCUT2D eigenvalue weighted by Gasteiger charge is -2.10. The van der Waals surface area contributed by atoms with Crippen molar-refractivity contribution in [2.75, 3.05) is 25.5 Å². The maximum atomic E-state index is 4.40. The van der Waals surface area contributed by atoms with Gasteiger partial charge in [-0.2, -0.15) is 0 Å². The van der Waals surface area contributed by atoms with Crippen molar-refractivity contribution in [2.45, 2.75) is 19.9 Å². The third-order valence-electron chi connectivity index (χ3n) is 1.83. The van der Waals surface area contributed by atoms with Crippen LogP contribution in [0.5, 0.6) is 0 Å². The van der Waals surface area contributed by atoms with Crippen molar-refractivity contribution in [3.8, 4) is 0 Å². The van der Waals surface area contributed by atoms with Crippen molar-refractivity contribution in [1.82, 2.24) is 15.3 Å². The lowest BCUT2D eigenvalue weighted by molar-refractivity contribution is 0.662. The molecular weight excluding hydrogens is 176 g/mol. The van der Waals surface area contributed by atoms with Crippen molar-refractivity contribution in [3.63, 3.8) is 0 Å². The fraction of sp³-hybridized carbons (Fsp3) is 0.600. The Morgan fingerprint density at radius 2 is 2.21 bits per heavy atom. The van der Waals surface area contributed by atoms with Crippen LogP contribution >= 0.6 is 0 Å². The molecule has 1 rings (SSSR count). The van der Waals surface area contributed by atoms with Crippen molar-refractivity contribution in [3.05, 3.63) is 18.0 Å². The number of hydrogen-bond acceptors (Lipinski definition) is 4. The molecule has 0 aliphatic rings. The van der Waals surface area contributed by atoms with Crippen LogP contribution in [0.25, 0.3) is 0 Å². The molecule has 1 aromatic heterocycles. The summed E-state index contributed by atoms with van der Waals surface area (Å²) in [5.74, 6) is 0.765. The summed E-state index contributed by atoms with van der Waals surface area (Å²) in [5, 5.41) is 3.31. The molecule has 0 aliphatic heterocycles. The smallest absolute Gasteiger partial charge is 0.225 e. The van der Waals surface area contributed by atoms with Crippen LogP contribution in [0.4, 0.5) is 5.95 Å². The molecular formula is C10H18N4. The summed E-state index contributed by atoms with van der Waals surface area (Å²) in [4.78, 5) is 10.5. The Bertz CT molecular complexity index is 273. The van der Waals surface area contributed by atoms with Crippen molar-refractivity contribution in [1.29, 1.82) is 0 Å². The van der Waals surface area contributed by atoms with E-state index in [9.17, 15) is 0 Å². The molecule has 0 unspecified atom stereocenters. The Hall–Kier alpha value is -1.16. The van der Waals surface area contributed by atoms with Gasteiger partial charge in [0.25, 0.3) is 0 Å². The lowest BCUT2D eigenvalue weighted by Crippen LogP contribution is -2.17. The number of nitrogens with one attached hydrogen (secondary N) is 1. The zero-order valence-electron chi connectivity index (χ0n) is 9.12. The van der Waals surface area contributed by atoms with Gasteiger partial charge in [0.1, 0.15) is 0 Å². The maximum Gasteiger partial charge on any atom is 0.225 e. The molecule has 4 heteroatoms. The van der Waals surface area contributed by atoms with Crippen LogP contribution in [-0.4, -0.2) is 30.6 Å².